The predicted molar refractivity (Wildman–Crippen MR) is 97.3 cm³/mol. The number of nitrogens with zero attached hydrogens (tertiary/aromatic N) is 4. The number of urea groups is 1. The first kappa shape index (κ1) is 17.7. The Morgan fingerprint density at radius 3 is 2.92 bits per heavy atom. The maximum absolute atomic E-state index is 12.1. The molecule has 0 spiro atoms. The number of anilines is 1. The SMILES string of the molecule is CC(C)Cc1cc(CNC(=O)Nc2cc(-c3cccnc3)nn2C)no1. The first-order chi connectivity index (χ1) is 12.5. The lowest BCUT2D eigenvalue weighted by Crippen LogP contribution is -2.29. The molecule has 2 amide bonds. The summed E-state index contributed by atoms with van der Waals surface area (Å²) in [5.41, 5.74) is 2.32. The van der Waals surface area contributed by atoms with Gasteiger partial charge in [0.2, 0.25) is 0 Å². The first-order valence-corrected chi connectivity index (χ1v) is 8.45. The van der Waals surface area contributed by atoms with E-state index in [2.05, 4.69) is 39.7 Å². The van der Waals surface area contributed by atoms with Gasteiger partial charge in [0.1, 0.15) is 17.3 Å². The topological polar surface area (TPSA) is 97.9 Å². The van der Waals surface area contributed by atoms with Gasteiger partial charge in [-0.05, 0) is 18.1 Å². The van der Waals surface area contributed by atoms with Gasteiger partial charge in [-0.15, -0.1) is 0 Å². The Morgan fingerprint density at radius 1 is 1.35 bits per heavy atom. The van der Waals surface area contributed by atoms with Crippen molar-refractivity contribution in [2.24, 2.45) is 13.0 Å². The van der Waals surface area contributed by atoms with Crippen molar-refractivity contribution in [1.82, 2.24) is 25.2 Å². The summed E-state index contributed by atoms with van der Waals surface area (Å²) in [6, 6.07) is 7.09. The van der Waals surface area contributed by atoms with Crippen molar-refractivity contribution >= 4 is 11.8 Å². The van der Waals surface area contributed by atoms with Gasteiger partial charge in [0.25, 0.3) is 0 Å². The Bertz CT molecular complexity index is 869. The minimum atomic E-state index is -0.334. The van der Waals surface area contributed by atoms with Gasteiger partial charge in [-0.1, -0.05) is 19.0 Å². The lowest BCUT2D eigenvalue weighted by Gasteiger charge is -2.05. The molecule has 0 radical (unpaired) electrons. The molecular formula is C18H22N6O2. The highest BCUT2D eigenvalue weighted by molar-refractivity contribution is 5.88. The van der Waals surface area contributed by atoms with E-state index in [0.29, 0.717) is 24.0 Å². The molecule has 136 valence electrons. The van der Waals surface area contributed by atoms with E-state index in [4.69, 9.17) is 4.52 Å². The molecule has 3 rings (SSSR count). The molecule has 3 aromatic heterocycles. The number of hydrogen-bond donors (Lipinski definition) is 2. The molecule has 0 fully saturated rings. The molecule has 0 aliphatic heterocycles. The molecule has 3 aromatic rings. The largest absolute Gasteiger partial charge is 0.361 e. The second kappa shape index (κ2) is 7.81. The summed E-state index contributed by atoms with van der Waals surface area (Å²) in [6.45, 7) is 4.52. The maximum atomic E-state index is 12.1. The Kier molecular flexibility index (Phi) is 5.31. The lowest BCUT2D eigenvalue weighted by atomic mass is 10.1. The molecule has 8 heteroatoms. The van der Waals surface area contributed by atoms with E-state index in [9.17, 15) is 4.79 Å². The molecule has 0 aliphatic carbocycles. The second-order valence-electron chi connectivity index (χ2n) is 6.47. The number of aryl methyl sites for hydroxylation is 1. The minimum absolute atomic E-state index is 0.292. The van der Waals surface area contributed by atoms with Crippen LogP contribution in [0.3, 0.4) is 0 Å². The Hall–Kier alpha value is -3.16. The normalized spacial score (nSPS) is 10.9. The third-order valence-corrected chi connectivity index (χ3v) is 3.73. The van der Waals surface area contributed by atoms with Gasteiger partial charge in [-0.25, -0.2) is 4.79 Å². The van der Waals surface area contributed by atoms with Gasteiger partial charge < -0.3 is 9.84 Å². The van der Waals surface area contributed by atoms with Crippen LogP contribution < -0.4 is 10.6 Å². The van der Waals surface area contributed by atoms with Crippen LogP contribution in [0.5, 0.6) is 0 Å². The number of rotatable bonds is 6. The summed E-state index contributed by atoms with van der Waals surface area (Å²) in [5.74, 6) is 1.90. The van der Waals surface area contributed by atoms with Crippen LogP contribution in [0, 0.1) is 5.92 Å². The van der Waals surface area contributed by atoms with Gasteiger partial charge in [-0.3, -0.25) is 15.0 Å². The van der Waals surface area contributed by atoms with Gasteiger partial charge in [-0.2, -0.15) is 5.10 Å². The quantitative estimate of drug-likeness (QED) is 0.709. The van der Waals surface area contributed by atoms with Crippen LogP contribution in [0.4, 0.5) is 10.6 Å². The highest BCUT2D eigenvalue weighted by atomic mass is 16.5. The van der Waals surface area contributed by atoms with Crippen LogP contribution >= 0.6 is 0 Å². The number of nitrogens with one attached hydrogen (secondary N) is 2. The van der Waals surface area contributed by atoms with Crippen molar-refractivity contribution in [2.45, 2.75) is 26.8 Å². The van der Waals surface area contributed by atoms with Gasteiger partial charge in [0, 0.05) is 43.6 Å². The van der Waals surface area contributed by atoms with Crippen molar-refractivity contribution in [3.8, 4) is 11.3 Å². The molecule has 3 heterocycles. The standard InChI is InChI=1S/C18H22N6O2/c1-12(2)7-15-8-14(23-26-15)11-20-18(25)21-17-9-16(22-24(17)3)13-5-4-6-19-10-13/h4-6,8-10,12H,7,11H2,1-3H3,(H2,20,21,25). The van der Waals surface area contributed by atoms with E-state index in [0.717, 1.165) is 23.4 Å². The maximum Gasteiger partial charge on any atom is 0.320 e. The van der Waals surface area contributed by atoms with E-state index in [1.807, 2.05) is 18.2 Å². The van der Waals surface area contributed by atoms with Crippen LogP contribution in [-0.2, 0) is 20.0 Å². The van der Waals surface area contributed by atoms with Gasteiger partial charge in [0.15, 0.2) is 0 Å². The molecule has 0 aliphatic rings. The zero-order chi connectivity index (χ0) is 18.5. The Morgan fingerprint density at radius 2 is 2.19 bits per heavy atom. The molecule has 0 saturated heterocycles. The molecule has 2 N–H and O–H groups in total. The lowest BCUT2D eigenvalue weighted by molar-refractivity contribution is 0.251. The average molecular weight is 354 g/mol. The third-order valence-electron chi connectivity index (χ3n) is 3.73. The average Bonchev–Trinajstić information content (AvgIpc) is 3.20. The summed E-state index contributed by atoms with van der Waals surface area (Å²) in [6.07, 6.45) is 4.26. The number of carbonyl (C=O) groups excluding carboxylic acids is 1. The summed E-state index contributed by atoms with van der Waals surface area (Å²) in [7, 11) is 1.77. The zero-order valence-corrected chi connectivity index (χ0v) is 15.1. The first-order valence-electron chi connectivity index (χ1n) is 8.45. The van der Waals surface area contributed by atoms with E-state index in [1.54, 1.807) is 30.2 Å². The minimum Gasteiger partial charge on any atom is -0.361 e. The second-order valence-corrected chi connectivity index (χ2v) is 6.47. The number of carbonyl (C=O) groups is 1. The fourth-order valence-electron chi connectivity index (χ4n) is 2.51. The van der Waals surface area contributed by atoms with Crippen molar-refractivity contribution < 1.29 is 9.32 Å². The smallest absolute Gasteiger partial charge is 0.320 e. The van der Waals surface area contributed by atoms with Crippen LogP contribution in [-0.4, -0.2) is 26.0 Å². The third kappa shape index (κ3) is 4.47. The molecule has 8 nitrogen and oxygen atoms in total. The zero-order valence-electron chi connectivity index (χ0n) is 15.1. The van der Waals surface area contributed by atoms with Crippen LogP contribution in [0.2, 0.25) is 0 Å². The predicted octanol–water partition coefficient (Wildman–Crippen LogP) is 2.99. The summed E-state index contributed by atoms with van der Waals surface area (Å²) in [4.78, 5) is 16.2. The summed E-state index contributed by atoms with van der Waals surface area (Å²) >= 11 is 0. The van der Waals surface area contributed by atoms with Crippen molar-refractivity contribution in [3.05, 3.63) is 48.1 Å². The van der Waals surface area contributed by atoms with E-state index in [-0.39, 0.29) is 6.03 Å². The van der Waals surface area contributed by atoms with Crippen molar-refractivity contribution in [3.63, 3.8) is 0 Å². The number of pyridine rings is 1. The molecule has 0 atom stereocenters. The monoisotopic (exact) mass is 354 g/mol. The number of aromatic nitrogens is 4. The number of amides is 2. The Balaban J connectivity index is 1.57. The van der Waals surface area contributed by atoms with E-state index < -0.39 is 0 Å². The van der Waals surface area contributed by atoms with Gasteiger partial charge >= 0.3 is 6.03 Å². The Labute approximate surface area is 151 Å². The van der Waals surface area contributed by atoms with Crippen molar-refractivity contribution in [2.75, 3.05) is 5.32 Å². The summed E-state index contributed by atoms with van der Waals surface area (Å²) < 4.78 is 6.87. The molecule has 0 unspecified atom stereocenters. The molecule has 0 saturated carbocycles. The van der Waals surface area contributed by atoms with Crippen molar-refractivity contribution in [1.29, 1.82) is 0 Å². The fraction of sp³-hybridized carbons (Fsp3) is 0.333. The molecule has 26 heavy (non-hydrogen) atoms. The van der Waals surface area contributed by atoms with Crippen LogP contribution in [0.15, 0.2) is 41.2 Å². The fourth-order valence-corrected chi connectivity index (χ4v) is 2.51. The summed E-state index contributed by atoms with van der Waals surface area (Å²) in [5, 5.41) is 13.9. The highest BCUT2D eigenvalue weighted by Crippen LogP contribution is 2.20. The van der Waals surface area contributed by atoms with Gasteiger partial charge in [0.05, 0.1) is 12.2 Å². The molecular weight excluding hydrogens is 332 g/mol. The molecule has 0 bridgehead atoms. The van der Waals surface area contributed by atoms with Crippen LogP contribution in [0.1, 0.15) is 25.3 Å². The highest BCUT2D eigenvalue weighted by Gasteiger charge is 2.11. The number of hydrogen-bond acceptors (Lipinski definition) is 5. The van der Waals surface area contributed by atoms with E-state index in [1.165, 1.54) is 0 Å². The molecule has 0 aromatic carbocycles. The van der Waals surface area contributed by atoms with Crippen LogP contribution in [0.25, 0.3) is 11.3 Å². The van der Waals surface area contributed by atoms with E-state index >= 15 is 0 Å².